The van der Waals surface area contributed by atoms with Gasteiger partial charge < -0.3 is 5.32 Å². The second kappa shape index (κ2) is 7.53. The average molecular weight is 251 g/mol. The molecule has 0 spiro atoms. The van der Waals surface area contributed by atoms with Crippen LogP contribution in [0.4, 0.5) is 0 Å². The Balaban J connectivity index is 1.88. The molecule has 0 amide bonds. The van der Waals surface area contributed by atoms with Crippen LogP contribution in [0.5, 0.6) is 0 Å². The molecule has 4 unspecified atom stereocenters. The molecule has 0 heterocycles. The van der Waals surface area contributed by atoms with E-state index in [0.29, 0.717) is 0 Å². The van der Waals surface area contributed by atoms with Crippen molar-refractivity contribution >= 4 is 0 Å². The van der Waals surface area contributed by atoms with E-state index in [9.17, 15) is 0 Å². The third-order valence-electron chi connectivity index (χ3n) is 5.52. The van der Waals surface area contributed by atoms with E-state index >= 15 is 0 Å². The number of hydrogen-bond donors (Lipinski definition) is 1. The van der Waals surface area contributed by atoms with Crippen LogP contribution in [0, 0.1) is 17.8 Å². The van der Waals surface area contributed by atoms with Crippen molar-refractivity contribution in [1.29, 1.82) is 0 Å². The molecular weight excluding hydrogens is 218 g/mol. The second-order valence-corrected chi connectivity index (χ2v) is 6.74. The van der Waals surface area contributed by atoms with E-state index in [2.05, 4.69) is 19.2 Å². The fraction of sp³-hybridized carbons (Fsp3) is 1.00. The zero-order valence-corrected chi connectivity index (χ0v) is 12.6. The van der Waals surface area contributed by atoms with Gasteiger partial charge in [-0.2, -0.15) is 0 Å². The smallest absolute Gasteiger partial charge is 0.00696 e. The van der Waals surface area contributed by atoms with Gasteiger partial charge in [0.15, 0.2) is 0 Å². The number of nitrogens with one attached hydrogen (secondary N) is 1. The zero-order valence-electron chi connectivity index (χ0n) is 12.6. The Hall–Kier alpha value is -0.0400. The maximum atomic E-state index is 3.72. The Labute approximate surface area is 114 Å². The van der Waals surface area contributed by atoms with Gasteiger partial charge in [0.1, 0.15) is 0 Å². The molecule has 2 saturated carbocycles. The first-order chi connectivity index (χ1) is 8.83. The van der Waals surface area contributed by atoms with Gasteiger partial charge >= 0.3 is 0 Å². The van der Waals surface area contributed by atoms with E-state index < -0.39 is 0 Å². The first kappa shape index (κ1) is 14.4. The van der Waals surface area contributed by atoms with Crippen LogP contribution in [-0.4, -0.2) is 12.6 Å². The van der Waals surface area contributed by atoms with Gasteiger partial charge in [0.05, 0.1) is 0 Å². The van der Waals surface area contributed by atoms with Crippen molar-refractivity contribution in [3.8, 4) is 0 Å². The summed E-state index contributed by atoms with van der Waals surface area (Å²) < 4.78 is 0. The third kappa shape index (κ3) is 3.98. The molecular formula is C17H33N. The van der Waals surface area contributed by atoms with Crippen molar-refractivity contribution in [2.75, 3.05) is 6.54 Å². The summed E-state index contributed by atoms with van der Waals surface area (Å²) in [7, 11) is 0. The molecule has 2 fully saturated rings. The molecule has 0 aliphatic heterocycles. The summed E-state index contributed by atoms with van der Waals surface area (Å²) >= 11 is 0. The molecule has 0 aromatic heterocycles. The van der Waals surface area contributed by atoms with Gasteiger partial charge in [-0.05, 0) is 43.6 Å². The molecule has 0 bridgehead atoms. The van der Waals surface area contributed by atoms with Crippen LogP contribution in [-0.2, 0) is 0 Å². The fourth-order valence-electron chi connectivity index (χ4n) is 4.43. The summed E-state index contributed by atoms with van der Waals surface area (Å²) in [5.74, 6) is 3.14. The van der Waals surface area contributed by atoms with Gasteiger partial charge in [-0.25, -0.2) is 0 Å². The Morgan fingerprint density at radius 1 is 0.833 bits per heavy atom. The molecule has 2 aliphatic rings. The highest BCUT2D eigenvalue weighted by Crippen LogP contribution is 2.40. The SMILES string of the molecule is CCNC1CCCCC(C2CCCC(CC)C2)C1. The van der Waals surface area contributed by atoms with Gasteiger partial charge in [0, 0.05) is 6.04 Å². The van der Waals surface area contributed by atoms with E-state index in [1.54, 1.807) is 6.42 Å². The molecule has 18 heavy (non-hydrogen) atoms. The summed E-state index contributed by atoms with van der Waals surface area (Å²) in [5.41, 5.74) is 0. The van der Waals surface area contributed by atoms with Crippen LogP contribution in [0.3, 0.4) is 0 Å². The molecule has 106 valence electrons. The predicted molar refractivity (Wildman–Crippen MR) is 79.8 cm³/mol. The Bertz CT molecular complexity index is 226. The lowest BCUT2D eigenvalue weighted by Gasteiger charge is -2.35. The quantitative estimate of drug-likeness (QED) is 0.710. The van der Waals surface area contributed by atoms with Crippen LogP contribution in [0.25, 0.3) is 0 Å². The van der Waals surface area contributed by atoms with E-state index in [0.717, 1.165) is 30.3 Å². The molecule has 0 aromatic rings. The third-order valence-corrected chi connectivity index (χ3v) is 5.52. The van der Waals surface area contributed by atoms with Crippen molar-refractivity contribution in [3.05, 3.63) is 0 Å². The maximum absolute atomic E-state index is 3.72. The van der Waals surface area contributed by atoms with Gasteiger partial charge in [0.2, 0.25) is 0 Å². The van der Waals surface area contributed by atoms with Crippen molar-refractivity contribution in [1.82, 2.24) is 5.32 Å². The van der Waals surface area contributed by atoms with E-state index in [4.69, 9.17) is 0 Å². The minimum Gasteiger partial charge on any atom is -0.314 e. The Kier molecular flexibility index (Phi) is 6.01. The molecule has 2 aliphatic carbocycles. The molecule has 1 N–H and O–H groups in total. The lowest BCUT2D eigenvalue weighted by Crippen LogP contribution is -2.32. The van der Waals surface area contributed by atoms with E-state index in [1.807, 2.05) is 0 Å². The molecule has 1 nitrogen and oxygen atoms in total. The minimum atomic E-state index is 0.824. The molecule has 2 rings (SSSR count). The normalized spacial score (nSPS) is 38.3. The highest BCUT2D eigenvalue weighted by atomic mass is 14.9. The monoisotopic (exact) mass is 251 g/mol. The summed E-state index contributed by atoms with van der Waals surface area (Å²) in [6.07, 6.45) is 14.9. The van der Waals surface area contributed by atoms with E-state index in [-0.39, 0.29) is 0 Å². The lowest BCUT2D eigenvalue weighted by atomic mass is 9.72. The summed E-state index contributed by atoms with van der Waals surface area (Å²) in [4.78, 5) is 0. The van der Waals surface area contributed by atoms with Crippen molar-refractivity contribution < 1.29 is 0 Å². The maximum Gasteiger partial charge on any atom is 0.00696 e. The molecule has 0 aromatic carbocycles. The largest absolute Gasteiger partial charge is 0.314 e. The standard InChI is InChI=1S/C17H33N/c1-3-14-8-7-10-15(12-14)16-9-5-6-11-17(13-16)18-4-2/h14-18H,3-13H2,1-2H3. The predicted octanol–water partition coefficient (Wildman–Crippen LogP) is 4.76. The highest BCUT2D eigenvalue weighted by Gasteiger charge is 2.30. The number of rotatable bonds is 4. The molecule has 1 heteroatoms. The van der Waals surface area contributed by atoms with Gasteiger partial charge in [-0.1, -0.05) is 58.8 Å². The van der Waals surface area contributed by atoms with Crippen molar-refractivity contribution in [3.63, 3.8) is 0 Å². The zero-order chi connectivity index (χ0) is 12.8. The number of hydrogen-bond acceptors (Lipinski definition) is 1. The van der Waals surface area contributed by atoms with Crippen LogP contribution >= 0.6 is 0 Å². The average Bonchev–Trinajstić information content (AvgIpc) is 2.65. The van der Waals surface area contributed by atoms with Gasteiger partial charge in [-0.3, -0.25) is 0 Å². The first-order valence-electron chi connectivity index (χ1n) is 8.56. The summed E-state index contributed by atoms with van der Waals surface area (Å²) in [5, 5.41) is 3.72. The van der Waals surface area contributed by atoms with Crippen LogP contribution in [0.15, 0.2) is 0 Å². The summed E-state index contributed by atoms with van der Waals surface area (Å²) in [6, 6.07) is 0.824. The molecule has 0 saturated heterocycles. The van der Waals surface area contributed by atoms with Crippen LogP contribution in [0.2, 0.25) is 0 Å². The Morgan fingerprint density at radius 2 is 1.56 bits per heavy atom. The fourth-order valence-corrected chi connectivity index (χ4v) is 4.43. The van der Waals surface area contributed by atoms with Crippen LogP contribution in [0.1, 0.15) is 78.1 Å². The summed E-state index contributed by atoms with van der Waals surface area (Å²) in [6.45, 7) is 5.80. The molecule has 0 radical (unpaired) electrons. The van der Waals surface area contributed by atoms with E-state index in [1.165, 1.54) is 57.8 Å². The minimum absolute atomic E-state index is 0.824. The molecule has 4 atom stereocenters. The van der Waals surface area contributed by atoms with Crippen molar-refractivity contribution in [2.45, 2.75) is 84.1 Å². The Morgan fingerprint density at radius 3 is 2.33 bits per heavy atom. The van der Waals surface area contributed by atoms with Crippen molar-refractivity contribution in [2.24, 2.45) is 17.8 Å². The second-order valence-electron chi connectivity index (χ2n) is 6.74. The van der Waals surface area contributed by atoms with Gasteiger partial charge in [0.25, 0.3) is 0 Å². The lowest BCUT2D eigenvalue weighted by molar-refractivity contribution is 0.170. The topological polar surface area (TPSA) is 12.0 Å². The van der Waals surface area contributed by atoms with Gasteiger partial charge in [-0.15, -0.1) is 0 Å². The van der Waals surface area contributed by atoms with Crippen LogP contribution < -0.4 is 5.32 Å². The highest BCUT2D eigenvalue weighted by molar-refractivity contribution is 4.83. The first-order valence-corrected chi connectivity index (χ1v) is 8.56.